The van der Waals surface area contributed by atoms with Crippen LogP contribution in [0.5, 0.6) is 11.5 Å². The van der Waals surface area contributed by atoms with Crippen molar-refractivity contribution in [2.24, 2.45) is 23.3 Å². The highest BCUT2D eigenvalue weighted by atomic mass is 32.1. The number of carbonyl (C=O) groups excluding carboxylic acids is 8. The minimum absolute atomic E-state index is 0.00482. The maximum absolute atomic E-state index is 14.8. The summed E-state index contributed by atoms with van der Waals surface area (Å²) in [5.41, 5.74) is 14.0. The van der Waals surface area contributed by atoms with Crippen molar-refractivity contribution >= 4 is 64.3 Å². The second-order valence-electron chi connectivity index (χ2n) is 25.8. The molecule has 0 unspecified atom stereocenters. The Morgan fingerprint density at radius 3 is 2.01 bits per heavy atom. The Morgan fingerprint density at radius 1 is 0.729 bits per heavy atom. The van der Waals surface area contributed by atoms with E-state index < -0.39 is 158 Å². The number of phenolic OH excluding ortho intramolecular Hbond substituents is 1. The van der Waals surface area contributed by atoms with Crippen LogP contribution in [0.1, 0.15) is 81.6 Å². The van der Waals surface area contributed by atoms with E-state index in [1.807, 2.05) is 12.1 Å². The number of hydrogen-bond acceptors (Lipinski definition) is 23. The first-order valence-corrected chi connectivity index (χ1v) is 33.6. The van der Waals surface area contributed by atoms with E-state index in [1.54, 1.807) is 12.1 Å². The van der Waals surface area contributed by atoms with Gasteiger partial charge in [-0.05, 0) is 106 Å². The first-order valence-electron chi connectivity index (χ1n) is 32.8. The fraction of sp³-hybridized carbons (Fsp3) is 0.569. The number of nitrogens with two attached hydrogens (primary N) is 2. The largest absolute Gasteiger partial charge is 0.504 e. The molecule has 4 aromatic rings. The zero-order chi connectivity index (χ0) is 69.1. The molecule has 0 radical (unpaired) electrons. The molecule has 3 aromatic carbocycles. The van der Waals surface area contributed by atoms with Gasteiger partial charge in [-0.25, -0.2) is 0 Å². The number of β-amino-alcohol motifs (C(OH)–C–C–N with tert-alkyl or cyclic N) is 1. The molecular weight excluding hydrogens is 1260 g/mol. The molecule has 1 aliphatic carbocycles. The molecule has 8 amide bonds. The van der Waals surface area contributed by atoms with Crippen molar-refractivity contribution in [2.45, 2.75) is 151 Å². The van der Waals surface area contributed by atoms with Gasteiger partial charge in [0.05, 0.1) is 49.7 Å². The van der Waals surface area contributed by atoms with Crippen LogP contribution >= 0.6 is 11.3 Å². The average molecular weight is 1360 g/mol. The predicted octanol–water partition coefficient (Wildman–Crippen LogP) is -2.97. The van der Waals surface area contributed by atoms with Gasteiger partial charge < -0.3 is 98.6 Å². The lowest BCUT2D eigenvalue weighted by Crippen LogP contribution is -2.64. The molecule has 5 aliphatic rings. The molecular formula is C65H90N14O16S. The van der Waals surface area contributed by atoms with E-state index in [4.69, 9.17) is 16.2 Å². The summed E-state index contributed by atoms with van der Waals surface area (Å²) in [6.45, 7) is 6.82. The average Bonchev–Trinajstić information content (AvgIpc) is 1.65. The van der Waals surface area contributed by atoms with Crippen molar-refractivity contribution in [1.82, 2.24) is 56.8 Å². The van der Waals surface area contributed by atoms with Gasteiger partial charge in [0.1, 0.15) is 52.9 Å². The van der Waals surface area contributed by atoms with Crippen LogP contribution in [0.3, 0.4) is 0 Å². The van der Waals surface area contributed by atoms with E-state index in [0.717, 1.165) is 60.1 Å². The monoisotopic (exact) mass is 1350 g/mol. The molecule has 4 aliphatic heterocycles. The third kappa shape index (κ3) is 17.8. The maximum Gasteiger partial charge on any atom is 0.251 e. The van der Waals surface area contributed by atoms with Crippen molar-refractivity contribution in [3.8, 4) is 32.6 Å². The fourth-order valence-electron chi connectivity index (χ4n) is 13.1. The fourth-order valence-corrected chi connectivity index (χ4v) is 13.9. The van der Waals surface area contributed by atoms with Gasteiger partial charge in [-0.2, -0.15) is 0 Å². The summed E-state index contributed by atoms with van der Waals surface area (Å²) in [5.74, 6) is -8.56. The number of ether oxygens (including phenoxy) is 1. The summed E-state index contributed by atoms with van der Waals surface area (Å²) in [4.78, 5) is 120. The lowest BCUT2D eigenvalue weighted by Gasteiger charge is -2.42. The van der Waals surface area contributed by atoms with Crippen LogP contribution in [0.25, 0.3) is 21.1 Å². The summed E-state index contributed by atoms with van der Waals surface area (Å²) in [5, 5.41) is 104. The van der Waals surface area contributed by atoms with Crippen LogP contribution in [-0.4, -0.2) is 259 Å². The number of nitrogens with one attached hydrogen (secondary N) is 6. The first kappa shape index (κ1) is 72.3. The van der Waals surface area contributed by atoms with Crippen molar-refractivity contribution < 1.29 is 78.8 Å². The third-order valence-corrected chi connectivity index (χ3v) is 19.7. The number of benzene rings is 3. The van der Waals surface area contributed by atoms with E-state index >= 15 is 0 Å². The van der Waals surface area contributed by atoms with Gasteiger partial charge in [-0.3, -0.25) is 43.3 Å². The molecule has 0 bridgehead atoms. The smallest absolute Gasteiger partial charge is 0.251 e. The number of aromatic hydroxyl groups is 1. The Hall–Kier alpha value is -7.98. The number of aliphatic hydroxyl groups excluding tert-OH is 6. The molecule has 5 heterocycles. The topological polar surface area (TPSA) is 450 Å². The van der Waals surface area contributed by atoms with Gasteiger partial charge in [0.15, 0.2) is 11.5 Å². The second-order valence-corrected chi connectivity index (χ2v) is 26.7. The molecule has 1 aromatic heterocycles. The van der Waals surface area contributed by atoms with Gasteiger partial charge in [-0.1, -0.05) is 43.4 Å². The number of aliphatic hydroxyl groups is 6. The van der Waals surface area contributed by atoms with Crippen LogP contribution in [-0.2, 0) is 40.0 Å². The molecule has 30 nitrogen and oxygen atoms in total. The van der Waals surface area contributed by atoms with E-state index in [9.17, 15) is 74.1 Å². The Bertz CT molecular complexity index is 3370. The Morgan fingerprint density at radius 2 is 1.36 bits per heavy atom. The van der Waals surface area contributed by atoms with Crippen LogP contribution in [0.2, 0.25) is 0 Å². The van der Waals surface area contributed by atoms with Crippen LogP contribution in [0.15, 0.2) is 66.7 Å². The molecule has 1 saturated carbocycles. The normalized spacial score (nSPS) is 27.8. The molecule has 9 rings (SSSR count). The number of carbonyl (C=O) groups is 8. The van der Waals surface area contributed by atoms with Crippen LogP contribution in [0, 0.1) is 11.8 Å². The summed E-state index contributed by atoms with van der Waals surface area (Å²) >= 11 is 1.35. The Labute approximate surface area is 559 Å². The molecule has 0 spiro atoms. The molecule has 4 saturated heterocycles. The standard InChI is InChI=1S/C65H90N14O16S/c1-34-4-13-41(14-5-34)76-21-23-77(24-22-76)42-15-11-40(12-16-42)63-75-74-62(96-63)39-9-7-38(8-10-39)57(88)70-45-28-43(81)31-69-61(92)55-56(87)35(2)32-79(55)65(94)54(48(84)18-19-66)73-60(91)53(49(85)26-37-6-17-47(83)50(27-37)95-25-20-68-51(86)30-67)72-59(90)46-29-44(82)33-78(46)64(93)52(36(3)80)71-58(45)89/h6-12,15-17,27,34-36,41,43-46,48-49,52-56,80-85,87H,4-5,13-14,18-26,28-33,66-67H2,1-3H3,(H,68,86)(H,69,92)(H,70,88)(H,71,89)(H,72,90)(H,73,91)/t34?,35-,36+,41?,43+,44+,45-,46-,48+,49+,52-,53-,54-,55-,56-/m0/s1. The third-order valence-electron chi connectivity index (χ3n) is 18.7. The van der Waals surface area contributed by atoms with E-state index in [1.165, 1.54) is 74.3 Å². The molecule has 31 heteroatoms. The first-order chi connectivity index (χ1) is 45.9. The number of fused-ring (bicyclic) bond motifs is 2. The highest BCUT2D eigenvalue weighted by molar-refractivity contribution is 7.17. The van der Waals surface area contributed by atoms with Crippen LogP contribution in [0.4, 0.5) is 5.69 Å². The number of hydrogen-bond donors (Lipinski definition) is 15. The zero-order valence-electron chi connectivity index (χ0n) is 54.0. The lowest BCUT2D eigenvalue weighted by atomic mass is 9.86. The summed E-state index contributed by atoms with van der Waals surface area (Å²) < 4.78 is 5.64. The van der Waals surface area contributed by atoms with Crippen molar-refractivity contribution in [2.75, 3.05) is 77.0 Å². The quantitative estimate of drug-likeness (QED) is 0.0442. The number of phenols is 1. The molecule has 13 atom stereocenters. The Kier molecular flexibility index (Phi) is 24.7. The molecule has 5 fully saturated rings. The summed E-state index contributed by atoms with van der Waals surface area (Å²) in [6.07, 6.45) is -6.96. The van der Waals surface area contributed by atoms with Gasteiger partial charge in [0, 0.05) is 99.4 Å². The van der Waals surface area contributed by atoms with Crippen molar-refractivity contribution in [1.29, 1.82) is 0 Å². The minimum atomic E-state index is -2.08. The predicted molar refractivity (Wildman–Crippen MR) is 350 cm³/mol. The number of amides is 8. The highest BCUT2D eigenvalue weighted by Crippen LogP contribution is 2.34. The van der Waals surface area contributed by atoms with Gasteiger partial charge in [0.2, 0.25) is 41.4 Å². The number of aromatic nitrogens is 2. The van der Waals surface area contributed by atoms with Crippen molar-refractivity contribution in [3.05, 3.63) is 77.9 Å². The minimum Gasteiger partial charge on any atom is -0.504 e. The van der Waals surface area contributed by atoms with Gasteiger partial charge in [0.25, 0.3) is 5.91 Å². The number of nitrogens with zero attached hydrogens (tertiary/aromatic N) is 6. The molecule has 522 valence electrons. The lowest BCUT2D eigenvalue weighted by molar-refractivity contribution is -0.147. The molecule has 96 heavy (non-hydrogen) atoms. The number of rotatable bonds is 18. The second kappa shape index (κ2) is 32.8. The van der Waals surface area contributed by atoms with E-state index in [-0.39, 0.29) is 61.8 Å². The number of piperazine rings is 1. The molecule has 17 N–H and O–H groups in total. The number of anilines is 1. The summed E-state index contributed by atoms with van der Waals surface area (Å²) in [6, 6.07) is 7.93. The maximum atomic E-state index is 14.8. The summed E-state index contributed by atoms with van der Waals surface area (Å²) in [7, 11) is 0. The SMILES string of the molecule is CC1CCC(N2CCN(c3ccc(-c4nnc(-c5ccc(C(=O)N[C@H]6C[C@@H](O)CNC(=O)[C@@H]7[C@@H](O)[C@@H](C)CN7C(=O)[C@H]([C@H](O)CCN)NC(=O)[C@H]([C@H](O)Cc7ccc(O)c(OCCNC(=O)CN)c7)NC(=O)[C@@H]7C[C@@H](O)CN7C(=O)[C@H]([C@@H](C)O)NC6=O)cc5)s4)cc3)CC2)CC1. The van der Waals surface area contributed by atoms with Gasteiger partial charge in [-0.15, -0.1) is 10.2 Å². The van der Waals surface area contributed by atoms with Crippen LogP contribution < -0.4 is 53.0 Å². The van der Waals surface area contributed by atoms with E-state index in [0.29, 0.717) is 21.6 Å². The van der Waals surface area contributed by atoms with Gasteiger partial charge >= 0.3 is 0 Å². The zero-order valence-corrected chi connectivity index (χ0v) is 54.8. The van der Waals surface area contributed by atoms with E-state index in [2.05, 4.69) is 71.0 Å². The van der Waals surface area contributed by atoms with Crippen molar-refractivity contribution in [3.63, 3.8) is 0 Å². The highest BCUT2D eigenvalue weighted by Gasteiger charge is 2.50. The Balaban J connectivity index is 0.946.